The number of nitriles is 1. The SMILES string of the molecule is CO[C@H](C)[C@H]1C(=O)Nc2c(C)nc(NCc3cnn(Cc4ccc(C#N)cc4)c3)nc2N1C. The fourth-order valence-corrected chi connectivity index (χ4v) is 3.84. The summed E-state index contributed by atoms with van der Waals surface area (Å²) >= 11 is 0. The summed E-state index contributed by atoms with van der Waals surface area (Å²) in [4.78, 5) is 23.5. The summed E-state index contributed by atoms with van der Waals surface area (Å²) < 4.78 is 7.23. The summed E-state index contributed by atoms with van der Waals surface area (Å²) in [7, 11) is 3.42. The lowest BCUT2D eigenvalue weighted by molar-refractivity contribution is -0.120. The van der Waals surface area contributed by atoms with Crippen molar-refractivity contribution < 1.29 is 9.53 Å². The lowest BCUT2D eigenvalue weighted by atomic mass is 10.1. The third-order valence-electron chi connectivity index (χ3n) is 5.72. The second kappa shape index (κ2) is 9.26. The third-order valence-corrected chi connectivity index (χ3v) is 5.72. The molecule has 0 aliphatic carbocycles. The Morgan fingerprint density at radius 2 is 2.03 bits per heavy atom. The maximum atomic E-state index is 12.6. The van der Waals surface area contributed by atoms with Crippen molar-refractivity contribution in [1.82, 2.24) is 19.7 Å². The molecule has 33 heavy (non-hydrogen) atoms. The van der Waals surface area contributed by atoms with Crippen molar-refractivity contribution in [2.75, 3.05) is 29.7 Å². The van der Waals surface area contributed by atoms with E-state index in [1.807, 2.05) is 48.8 Å². The first kappa shape index (κ1) is 22.2. The Bertz CT molecular complexity index is 1200. The molecule has 1 aliphatic heterocycles. The van der Waals surface area contributed by atoms with Gasteiger partial charge in [0, 0.05) is 32.5 Å². The standard InChI is InChI=1S/C23H26N8O2/c1-14-19-21(30(3)20(15(2)33-4)22(32)28-19)29-23(27-14)25-10-18-11-26-31(13-18)12-17-7-5-16(9-24)6-8-17/h5-8,11,13,15,20H,10,12H2,1-4H3,(H,28,32)(H,25,27,29)/t15-,20+/m1/s1. The minimum atomic E-state index is -0.481. The molecule has 10 nitrogen and oxygen atoms in total. The summed E-state index contributed by atoms with van der Waals surface area (Å²) in [6, 6.07) is 9.09. The molecule has 1 aromatic carbocycles. The maximum absolute atomic E-state index is 12.6. The second-order valence-electron chi connectivity index (χ2n) is 8.03. The van der Waals surface area contributed by atoms with Crippen LogP contribution in [0.2, 0.25) is 0 Å². The number of rotatable bonds is 7. The van der Waals surface area contributed by atoms with Gasteiger partial charge in [0.1, 0.15) is 11.7 Å². The molecule has 4 rings (SSSR count). The minimum absolute atomic E-state index is 0.138. The van der Waals surface area contributed by atoms with Gasteiger partial charge >= 0.3 is 0 Å². The fourth-order valence-electron chi connectivity index (χ4n) is 3.84. The largest absolute Gasteiger partial charge is 0.379 e. The molecule has 170 valence electrons. The van der Waals surface area contributed by atoms with Crippen molar-refractivity contribution in [3.63, 3.8) is 0 Å². The van der Waals surface area contributed by atoms with Gasteiger partial charge < -0.3 is 20.3 Å². The number of aryl methyl sites for hydroxylation is 1. The zero-order valence-corrected chi connectivity index (χ0v) is 19.0. The van der Waals surface area contributed by atoms with E-state index in [-0.39, 0.29) is 12.0 Å². The number of methoxy groups -OCH3 is 1. The summed E-state index contributed by atoms with van der Waals surface area (Å²) in [5.74, 6) is 0.981. The lowest BCUT2D eigenvalue weighted by Gasteiger charge is -2.37. The molecular formula is C23H26N8O2. The molecule has 1 amide bonds. The van der Waals surface area contributed by atoms with Crippen LogP contribution in [0.15, 0.2) is 36.7 Å². The van der Waals surface area contributed by atoms with Gasteiger partial charge in [0.25, 0.3) is 0 Å². The highest BCUT2D eigenvalue weighted by atomic mass is 16.5. The first-order valence-electron chi connectivity index (χ1n) is 10.6. The number of hydrogen-bond donors (Lipinski definition) is 2. The maximum Gasteiger partial charge on any atom is 0.249 e. The molecule has 0 bridgehead atoms. The molecular weight excluding hydrogens is 420 g/mol. The smallest absolute Gasteiger partial charge is 0.249 e. The van der Waals surface area contributed by atoms with Crippen LogP contribution in [0, 0.1) is 18.3 Å². The van der Waals surface area contributed by atoms with E-state index in [0.29, 0.717) is 41.8 Å². The molecule has 0 saturated carbocycles. The highest BCUT2D eigenvalue weighted by molar-refractivity contribution is 6.03. The number of hydrogen-bond acceptors (Lipinski definition) is 8. The van der Waals surface area contributed by atoms with Crippen molar-refractivity contribution in [3.8, 4) is 6.07 Å². The number of benzene rings is 1. The number of carbonyl (C=O) groups is 1. The van der Waals surface area contributed by atoms with E-state index in [1.165, 1.54) is 0 Å². The topological polar surface area (TPSA) is 121 Å². The fraction of sp³-hybridized carbons (Fsp3) is 0.348. The summed E-state index contributed by atoms with van der Waals surface area (Å²) in [5, 5.41) is 19.5. The monoisotopic (exact) mass is 446 g/mol. The Morgan fingerprint density at radius 1 is 1.27 bits per heavy atom. The van der Waals surface area contributed by atoms with Crippen LogP contribution in [-0.4, -0.2) is 52.0 Å². The van der Waals surface area contributed by atoms with Crippen LogP contribution in [0.4, 0.5) is 17.5 Å². The van der Waals surface area contributed by atoms with Crippen LogP contribution in [0.1, 0.15) is 29.3 Å². The van der Waals surface area contributed by atoms with Crippen molar-refractivity contribution >= 4 is 23.4 Å². The summed E-state index contributed by atoms with van der Waals surface area (Å²) in [6.45, 7) is 4.81. The number of amides is 1. The van der Waals surface area contributed by atoms with Gasteiger partial charge in [-0.05, 0) is 31.5 Å². The quantitative estimate of drug-likeness (QED) is 0.567. The summed E-state index contributed by atoms with van der Waals surface area (Å²) in [6.07, 6.45) is 3.46. The summed E-state index contributed by atoms with van der Waals surface area (Å²) in [5.41, 5.74) is 3.98. The number of ether oxygens (including phenoxy) is 1. The van der Waals surface area contributed by atoms with Crippen molar-refractivity contribution in [2.45, 2.75) is 39.1 Å². The number of nitrogens with one attached hydrogen (secondary N) is 2. The Morgan fingerprint density at radius 3 is 2.73 bits per heavy atom. The van der Waals surface area contributed by atoms with E-state index in [1.54, 1.807) is 25.4 Å². The van der Waals surface area contributed by atoms with Gasteiger partial charge in [-0.15, -0.1) is 0 Å². The Hall–Kier alpha value is -3.97. The number of likely N-dealkylation sites (N-methyl/N-ethyl adjacent to an activating group) is 1. The van der Waals surface area contributed by atoms with E-state index in [4.69, 9.17) is 10.00 Å². The molecule has 3 heterocycles. The van der Waals surface area contributed by atoms with E-state index < -0.39 is 6.04 Å². The molecule has 0 saturated heterocycles. The minimum Gasteiger partial charge on any atom is -0.379 e. The third kappa shape index (κ3) is 4.63. The van der Waals surface area contributed by atoms with E-state index in [2.05, 4.69) is 31.8 Å². The Kier molecular flexibility index (Phi) is 6.24. The first-order chi connectivity index (χ1) is 15.9. The number of carbonyl (C=O) groups excluding carboxylic acids is 1. The molecule has 0 fully saturated rings. The molecule has 0 radical (unpaired) electrons. The number of fused-ring (bicyclic) bond motifs is 1. The molecule has 0 unspecified atom stereocenters. The average molecular weight is 447 g/mol. The van der Waals surface area contributed by atoms with E-state index in [9.17, 15) is 4.79 Å². The van der Waals surface area contributed by atoms with Gasteiger partial charge in [0.15, 0.2) is 5.82 Å². The number of aromatic nitrogens is 4. The average Bonchev–Trinajstić information content (AvgIpc) is 3.26. The van der Waals surface area contributed by atoms with Gasteiger partial charge in [-0.1, -0.05) is 12.1 Å². The molecule has 2 atom stereocenters. The van der Waals surface area contributed by atoms with E-state index >= 15 is 0 Å². The highest BCUT2D eigenvalue weighted by Crippen LogP contribution is 2.33. The van der Waals surface area contributed by atoms with Crippen LogP contribution in [-0.2, 0) is 22.6 Å². The lowest BCUT2D eigenvalue weighted by Crippen LogP contribution is -2.53. The Labute approximate surface area is 192 Å². The highest BCUT2D eigenvalue weighted by Gasteiger charge is 2.37. The van der Waals surface area contributed by atoms with Gasteiger partial charge in [-0.3, -0.25) is 9.48 Å². The molecule has 10 heteroatoms. The predicted molar refractivity (Wildman–Crippen MR) is 124 cm³/mol. The van der Waals surface area contributed by atoms with E-state index in [0.717, 1.165) is 11.1 Å². The van der Waals surface area contributed by atoms with Crippen LogP contribution >= 0.6 is 0 Å². The molecule has 2 N–H and O–H groups in total. The second-order valence-corrected chi connectivity index (χ2v) is 8.03. The van der Waals surface area contributed by atoms with Crippen molar-refractivity contribution in [2.24, 2.45) is 0 Å². The molecule has 0 spiro atoms. The molecule has 2 aromatic heterocycles. The van der Waals surface area contributed by atoms with Gasteiger partial charge in [-0.25, -0.2) is 4.98 Å². The zero-order chi connectivity index (χ0) is 23.5. The van der Waals surface area contributed by atoms with Crippen LogP contribution in [0.5, 0.6) is 0 Å². The normalized spacial score (nSPS) is 16.0. The van der Waals surface area contributed by atoms with Crippen LogP contribution in [0.25, 0.3) is 0 Å². The number of anilines is 3. The van der Waals surface area contributed by atoms with Gasteiger partial charge in [0.2, 0.25) is 11.9 Å². The van der Waals surface area contributed by atoms with Crippen molar-refractivity contribution in [1.29, 1.82) is 5.26 Å². The molecule has 1 aliphatic rings. The van der Waals surface area contributed by atoms with Gasteiger partial charge in [0.05, 0.1) is 36.2 Å². The number of nitrogens with zero attached hydrogens (tertiary/aromatic N) is 6. The predicted octanol–water partition coefficient (Wildman–Crippen LogP) is 2.31. The zero-order valence-electron chi connectivity index (χ0n) is 19.0. The van der Waals surface area contributed by atoms with Crippen LogP contribution < -0.4 is 15.5 Å². The molecule has 3 aromatic rings. The van der Waals surface area contributed by atoms with Crippen molar-refractivity contribution in [3.05, 3.63) is 59.0 Å². The first-order valence-corrected chi connectivity index (χ1v) is 10.6. The van der Waals surface area contributed by atoms with Crippen LogP contribution in [0.3, 0.4) is 0 Å². The van der Waals surface area contributed by atoms with Gasteiger partial charge in [-0.2, -0.15) is 15.3 Å². The Balaban J connectivity index is 1.45.